The van der Waals surface area contributed by atoms with E-state index in [9.17, 15) is 4.79 Å². The summed E-state index contributed by atoms with van der Waals surface area (Å²) < 4.78 is 17.4. The minimum atomic E-state index is 0.0467. The largest absolute Gasteiger partial charge is 0.490 e. The first-order valence-electron chi connectivity index (χ1n) is 10.9. The molecule has 3 aromatic rings. The van der Waals surface area contributed by atoms with Crippen LogP contribution in [0.3, 0.4) is 0 Å². The summed E-state index contributed by atoms with van der Waals surface area (Å²) in [7, 11) is 0. The summed E-state index contributed by atoms with van der Waals surface area (Å²) in [5, 5.41) is 8.66. The normalized spacial score (nSPS) is 17.9. The standard InChI is InChI=1S/C24H25N3O4S/c1-16-6-2-3-7-18(16)23-25-26-24(31-23)32-15-22(28)27-11-4-8-19(27)17-9-10-20-21(14-17)30-13-5-12-29-20/h2-3,6-7,9-10,14,19H,4-5,8,11-13,15H2,1H3/t19-/m0/s1. The first-order chi connectivity index (χ1) is 15.7. The maximum absolute atomic E-state index is 13.0. The van der Waals surface area contributed by atoms with Gasteiger partial charge in [-0.2, -0.15) is 0 Å². The number of amides is 1. The predicted molar refractivity (Wildman–Crippen MR) is 121 cm³/mol. The van der Waals surface area contributed by atoms with Gasteiger partial charge in [-0.15, -0.1) is 10.2 Å². The number of aryl methyl sites for hydroxylation is 1. The number of carbonyl (C=O) groups excluding carboxylic acids is 1. The molecule has 0 bridgehead atoms. The van der Waals surface area contributed by atoms with Gasteiger partial charge >= 0.3 is 0 Å². The first-order valence-corrected chi connectivity index (χ1v) is 11.9. The van der Waals surface area contributed by atoms with Crippen molar-refractivity contribution in [1.29, 1.82) is 0 Å². The molecule has 0 radical (unpaired) electrons. The van der Waals surface area contributed by atoms with E-state index < -0.39 is 0 Å². The molecule has 0 unspecified atom stereocenters. The molecule has 32 heavy (non-hydrogen) atoms. The first kappa shape index (κ1) is 20.9. The van der Waals surface area contributed by atoms with Crippen molar-refractivity contribution in [3.8, 4) is 23.0 Å². The van der Waals surface area contributed by atoms with Gasteiger partial charge in [0.05, 0.1) is 25.0 Å². The molecule has 2 aliphatic rings. The Morgan fingerprint density at radius 1 is 1.09 bits per heavy atom. The topological polar surface area (TPSA) is 77.7 Å². The number of nitrogens with zero attached hydrogens (tertiary/aromatic N) is 3. The average molecular weight is 452 g/mol. The molecule has 166 valence electrons. The summed E-state index contributed by atoms with van der Waals surface area (Å²) in [4.78, 5) is 15.0. The highest BCUT2D eigenvalue weighted by Crippen LogP contribution is 2.38. The Hall–Kier alpha value is -3.00. The summed E-state index contributed by atoms with van der Waals surface area (Å²) >= 11 is 1.28. The molecule has 1 atom stereocenters. The van der Waals surface area contributed by atoms with E-state index in [0.29, 0.717) is 24.3 Å². The molecular formula is C24H25N3O4S. The lowest BCUT2D eigenvalue weighted by molar-refractivity contribution is -0.129. The van der Waals surface area contributed by atoms with Crippen LogP contribution in [-0.2, 0) is 4.79 Å². The maximum atomic E-state index is 13.0. The Balaban J connectivity index is 1.25. The van der Waals surface area contributed by atoms with Gasteiger partial charge in [0.1, 0.15) is 0 Å². The molecule has 0 saturated carbocycles. The SMILES string of the molecule is Cc1ccccc1-c1nnc(SCC(=O)N2CCC[C@H]2c2ccc3c(c2)OCCCO3)o1. The van der Waals surface area contributed by atoms with Crippen molar-refractivity contribution in [2.45, 2.75) is 37.5 Å². The second kappa shape index (κ2) is 9.24. The zero-order chi connectivity index (χ0) is 21.9. The smallest absolute Gasteiger partial charge is 0.277 e. The van der Waals surface area contributed by atoms with Crippen molar-refractivity contribution >= 4 is 17.7 Å². The molecule has 5 rings (SSSR count). The molecule has 0 spiro atoms. The summed E-state index contributed by atoms with van der Waals surface area (Å²) in [6.45, 7) is 4.06. The molecule has 7 nitrogen and oxygen atoms in total. The van der Waals surface area contributed by atoms with E-state index >= 15 is 0 Å². The highest BCUT2D eigenvalue weighted by Gasteiger charge is 2.31. The maximum Gasteiger partial charge on any atom is 0.277 e. The van der Waals surface area contributed by atoms with Gasteiger partial charge < -0.3 is 18.8 Å². The van der Waals surface area contributed by atoms with Crippen LogP contribution in [0.1, 0.15) is 36.4 Å². The fourth-order valence-electron chi connectivity index (χ4n) is 4.20. The van der Waals surface area contributed by atoms with Crippen LogP contribution in [0.5, 0.6) is 11.5 Å². The van der Waals surface area contributed by atoms with E-state index in [-0.39, 0.29) is 17.7 Å². The number of rotatable bonds is 5. The zero-order valence-electron chi connectivity index (χ0n) is 18.0. The fourth-order valence-corrected chi connectivity index (χ4v) is 4.84. The summed E-state index contributed by atoms with van der Waals surface area (Å²) in [6.07, 6.45) is 2.79. The number of likely N-dealkylation sites (tertiary alicyclic amines) is 1. The Kier molecular flexibility index (Phi) is 6.03. The van der Waals surface area contributed by atoms with E-state index in [1.54, 1.807) is 0 Å². The third kappa shape index (κ3) is 4.32. The lowest BCUT2D eigenvalue weighted by atomic mass is 10.0. The van der Waals surface area contributed by atoms with Crippen LogP contribution in [0.4, 0.5) is 0 Å². The van der Waals surface area contributed by atoms with Crippen molar-refractivity contribution in [2.75, 3.05) is 25.5 Å². The van der Waals surface area contributed by atoms with Crippen LogP contribution in [0.15, 0.2) is 52.1 Å². The quantitative estimate of drug-likeness (QED) is 0.522. The van der Waals surface area contributed by atoms with E-state index in [2.05, 4.69) is 10.2 Å². The Bertz CT molecular complexity index is 1120. The van der Waals surface area contributed by atoms with Crippen molar-refractivity contribution in [2.24, 2.45) is 0 Å². The number of thioether (sulfide) groups is 1. The average Bonchev–Trinajstić information content (AvgIpc) is 3.43. The Labute approximate surface area is 191 Å². The molecular weight excluding hydrogens is 426 g/mol. The van der Waals surface area contributed by atoms with Gasteiger partial charge in [-0.3, -0.25) is 4.79 Å². The van der Waals surface area contributed by atoms with Crippen LogP contribution in [0.25, 0.3) is 11.5 Å². The van der Waals surface area contributed by atoms with Gasteiger partial charge in [0.25, 0.3) is 5.22 Å². The van der Waals surface area contributed by atoms with Gasteiger partial charge in [-0.05, 0) is 49.1 Å². The van der Waals surface area contributed by atoms with Crippen molar-refractivity contribution in [3.63, 3.8) is 0 Å². The second-order valence-electron chi connectivity index (χ2n) is 7.98. The predicted octanol–water partition coefficient (Wildman–Crippen LogP) is 4.66. The third-order valence-electron chi connectivity index (χ3n) is 5.83. The van der Waals surface area contributed by atoms with Gasteiger partial charge in [0.15, 0.2) is 11.5 Å². The van der Waals surface area contributed by atoms with E-state index in [0.717, 1.165) is 54.0 Å². The second-order valence-corrected chi connectivity index (χ2v) is 8.91. The van der Waals surface area contributed by atoms with Crippen LogP contribution < -0.4 is 9.47 Å². The van der Waals surface area contributed by atoms with Crippen molar-refractivity contribution < 1.29 is 18.7 Å². The van der Waals surface area contributed by atoms with Gasteiger partial charge in [0, 0.05) is 18.5 Å². The van der Waals surface area contributed by atoms with Crippen molar-refractivity contribution in [3.05, 3.63) is 53.6 Å². The zero-order valence-corrected chi connectivity index (χ0v) is 18.8. The molecule has 0 N–H and O–H groups in total. The number of aromatic nitrogens is 2. The van der Waals surface area contributed by atoms with E-state index in [1.165, 1.54) is 11.8 Å². The summed E-state index contributed by atoms with van der Waals surface area (Å²) in [6, 6.07) is 13.9. The highest BCUT2D eigenvalue weighted by molar-refractivity contribution is 7.99. The lowest BCUT2D eigenvalue weighted by Gasteiger charge is -2.25. The van der Waals surface area contributed by atoms with E-state index in [1.807, 2.05) is 54.3 Å². The minimum absolute atomic E-state index is 0.0467. The molecule has 2 aromatic carbocycles. The molecule has 1 amide bonds. The van der Waals surface area contributed by atoms with Crippen LogP contribution >= 0.6 is 11.8 Å². The molecule has 0 aliphatic carbocycles. The summed E-state index contributed by atoms with van der Waals surface area (Å²) in [5.74, 6) is 2.35. The number of carbonyl (C=O) groups is 1. The molecule has 8 heteroatoms. The number of fused-ring (bicyclic) bond motifs is 1. The number of ether oxygens (including phenoxy) is 2. The molecule has 1 aromatic heterocycles. The Morgan fingerprint density at radius 3 is 2.81 bits per heavy atom. The summed E-state index contributed by atoms with van der Waals surface area (Å²) in [5.41, 5.74) is 3.07. The van der Waals surface area contributed by atoms with Crippen LogP contribution in [0.2, 0.25) is 0 Å². The lowest BCUT2D eigenvalue weighted by Crippen LogP contribution is -2.32. The van der Waals surface area contributed by atoms with Crippen LogP contribution in [0, 0.1) is 6.92 Å². The van der Waals surface area contributed by atoms with Gasteiger partial charge in [-0.25, -0.2) is 0 Å². The Morgan fingerprint density at radius 2 is 1.94 bits per heavy atom. The number of hydrogen-bond donors (Lipinski definition) is 0. The highest BCUT2D eigenvalue weighted by atomic mass is 32.2. The van der Waals surface area contributed by atoms with Gasteiger partial charge in [0.2, 0.25) is 11.8 Å². The third-order valence-corrected chi connectivity index (χ3v) is 6.63. The van der Waals surface area contributed by atoms with Gasteiger partial charge in [-0.1, -0.05) is 36.0 Å². The fraction of sp³-hybridized carbons (Fsp3) is 0.375. The number of hydrogen-bond acceptors (Lipinski definition) is 7. The molecule has 2 aliphatic heterocycles. The monoisotopic (exact) mass is 451 g/mol. The van der Waals surface area contributed by atoms with Crippen molar-refractivity contribution in [1.82, 2.24) is 15.1 Å². The molecule has 1 saturated heterocycles. The number of benzene rings is 2. The molecule has 3 heterocycles. The molecule has 1 fully saturated rings. The van der Waals surface area contributed by atoms with Crippen LogP contribution in [-0.4, -0.2) is 46.5 Å². The van der Waals surface area contributed by atoms with E-state index in [4.69, 9.17) is 13.9 Å². The minimum Gasteiger partial charge on any atom is -0.490 e.